The van der Waals surface area contributed by atoms with Crippen LogP contribution in [0.25, 0.3) is 0 Å². The van der Waals surface area contributed by atoms with Crippen molar-refractivity contribution in [3.8, 4) is 0 Å². The Morgan fingerprint density at radius 1 is 0.917 bits per heavy atom. The fourth-order valence-electron chi connectivity index (χ4n) is 0.543. The minimum absolute atomic E-state index is 0.190. The lowest BCUT2D eigenvalue weighted by atomic mass is 10.5. The van der Waals surface area contributed by atoms with Crippen LogP contribution in [0.5, 0.6) is 0 Å². The summed E-state index contributed by atoms with van der Waals surface area (Å²) in [6.45, 7) is 0. The van der Waals surface area contributed by atoms with Crippen molar-refractivity contribution in [3.63, 3.8) is 0 Å². The van der Waals surface area contributed by atoms with E-state index < -0.39 is 36.9 Å². The van der Waals surface area contributed by atoms with Gasteiger partial charge in [-0.1, -0.05) is 11.2 Å². The van der Waals surface area contributed by atoms with Gasteiger partial charge in [-0.3, -0.25) is 0 Å². The molecular weight excluding hydrogens is 196 g/mol. The average molecular weight is 206 g/mol. The monoisotopic (exact) mass is 206 g/mol. The number of alkyl halides is 4. The highest BCUT2D eigenvalue weighted by atomic mass is 32.2. The predicted molar refractivity (Wildman–Crippen MR) is 39.1 cm³/mol. The van der Waals surface area contributed by atoms with Crippen LogP contribution >= 0.6 is 0 Å². The summed E-state index contributed by atoms with van der Waals surface area (Å²) >= 11 is -1.52. The molecule has 0 rings (SSSR count). The van der Waals surface area contributed by atoms with Crippen molar-refractivity contribution in [2.75, 3.05) is 11.5 Å². The lowest BCUT2D eigenvalue weighted by Crippen LogP contribution is -2.15. The molecule has 0 fully saturated rings. The normalized spacial score (nSPS) is 12.0. The van der Waals surface area contributed by atoms with Crippen LogP contribution in [0.15, 0.2) is 0 Å². The first-order valence-corrected chi connectivity index (χ1v) is 4.92. The van der Waals surface area contributed by atoms with Crippen molar-refractivity contribution in [3.05, 3.63) is 0 Å². The number of halogens is 4. The summed E-state index contributed by atoms with van der Waals surface area (Å²) in [5.41, 5.74) is 0. The Bertz CT molecular complexity index is 99.7. The fraction of sp³-hybridized carbons (Fsp3) is 1.00. The van der Waals surface area contributed by atoms with Crippen LogP contribution < -0.4 is 0 Å². The molecule has 1 nitrogen and oxygen atoms in total. The molecule has 0 aliphatic rings. The van der Waals surface area contributed by atoms with Gasteiger partial charge in [0.1, 0.15) is 11.5 Å². The first-order valence-electron chi connectivity index (χ1n) is 3.43. The third-order valence-corrected chi connectivity index (χ3v) is 2.51. The van der Waals surface area contributed by atoms with Gasteiger partial charge < -0.3 is 4.55 Å². The van der Waals surface area contributed by atoms with Crippen molar-refractivity contribution in [2.45, 2.75) is 25.7 Å². The molecule has 0 aliphatic heterocycles. The van der Waals surface area contributed by atoms with Crippen molar-refractivity contribution in [2.24, 2.45) is 0 Å². The van der Waals surface area contributed by atoms with Crippen molar-refractivity contribution in [1.82, 2.24) is 0 Å². The first kappa shape index (κ1) is 12.0. The fourth-order valence-corrected chi connectivity index (χ4v) is 1.63. The van der Waals surface area contributed by atoms with Crippen molar-refractivity contribution >= 4 is 11.2 Å². The van der Waals surface area contributed by atoms with Gasteiger partial charge in [-0.15, -0.1) is 0 Å². The molecule has 0 aliphatic carbocycles. The van der Waals surface area contributed by atoms with Gasteiger partial charge in [0.2, 0.25) is 12.9 Å². The maximum atomic E-state index is 11.5. The highest BCUT2D eigenvalue weighted by Crippen LogP contribution is 2.07. The van der Waals surface area contributed by atoms with E-state index >= 15 is 0 Å². The summed E-state index contributed by atoms with van der Waals surface area (Å²) in [6, 6.07) is 0. The van der Waals surface area contributed by atoms with E-state index in [0.717, 1.165) is 0 Å². The minimum Gasteiger partial charge on any atom is -0.616 e. The zero-order chi connectivity index (χ0) is 9.56. The van der Waals surface area contributed by atoms with E-state index in [0.29, 0.717) is 0 Å². The van der Waals surface area contributed by atoms with E-state index in [2.05, 4.69) is 0 Å². The summed E-state index contributed by atoms with van der Waals surface area (Å²) in [5.74, 6) is -0.380. The smallest absolute Gasteiger partial charge is 0.243 e. The van der Waals surface area contributed by atoms with E-state index in [4.69, 9.17) is 0 Å². The van der Waals surface area contributed by atoms with E-state index in [9.17, 15) is 22.1 Å². The molecule has 0 heterocycles. The van der Waals surface area contributed by atoms with Crippen LogP contribution in [-0.4, -0.2) is 28.9 Å². The van der Waals surface area contributed by atoms with Gasteiger partial charge in [0.15, 0.2) is 0 Å². The molecule has 0 N–H and O–H groups in total. The molecule has 0 saturated carbocycles. The molecule has 0 atom stereocenters. The molecule has 0 radical (unpaired) electrons. The number of rotatable bonds is 6. The summed E-state index contributed by atoms with van der Waals surface area (Å²) in [7, 11) is 0. The van der Waals surface area contributed by atoms with Crippen molar-refractivity contribution in [1.29, 1.82) is 0 Å². The molecule has 0 bridgehead atoms. The Labute approximate surface area is 71.3 Å². The van der Waals surface area contributed by atoms with Crippen molar-refractivity contribution < 1.29 is 22.1 Å². The van der Waals surface area contributed by atoms with Crippen LogP contribution in [-0.2, 0) is 11.2 Å². The minimum atomic E-state index is -2.50. The standard InChI is InChI=1S/C6H10F4OS/c7-5(8)1-3-12(11)4-2-6(9)10/h5-6H,1-4H2. The second-order valence-electron chi connectivity index (χ2n) is 2.21. The Morgan fingerprint density at radius 2 is 1.25 bits per heavy atom. The molecule has 6 heteroatoms. The molecule has 0 amide bonds. The Balaban J connectivity index is 3.27. The molecule has 0 saturated heterocycles. The quantitative estimate of drug-likeness (QED) is 0.481. The van der Waals surface area contributed by atoms with E-state index in [-0.39, 0.29) is 11.5 Å². The highest BCUT2D eigenvalue weighted by Gasteiger charge is 2.13. The van der Waals surface area contributed by atoms with E-state index in [1.54, 1.807) is 0 Å². The van der Waals surface area contributed by atoms with Gasteiger partial charge >= 0.3 is 0 Å². The Kier molecular flexibility index (Phi) is 6.55. The topological polar surface area (TPSA) is 23.1 Å². The van der Waals surface area contributed by atoms with E-state index in [1.165, 1.54) is 0 Å². The van der Waals surface area contributed by atoms with Gasteiger partial charge in [0.05, 0.1) is 12.8 Å². The summed E-state index contributed by atoms with van der Waals surface area (Å²) in [6.07, 6.45) is -5.95. The molecule has 0 aromatic carbocycles. The van der Waals surface area contributed by atoms with Gasteiger partial charge in [-0.25, -0.2) is 17.6 Å². The van der Waals surface area contributed by atoms with Gasteiger partial charge in [0.25, 0.3) is 0 Å². The first-order chi connectivity index (χ1) is 5.52. The summed E-state index contributed by atoms with van der Waals surface area (Å²) in [4.78, 5) is 0. The lowest BCUT2D eigenvalue weighted by molar-refractivity contribution is 0.143. The third kappa shape index (κ3) is 8.13. The Hall–Kier alpha value is 0.0300. The average Bonchev–Trinajstić information content (AvgIpc) is 1.96. The summed E-state index contributed by atoms with van der Waals surface area (Å²) < 4.78 is 56.7. The number of hydrogen-bond donors (Lipinski definition) is 0. The largest absolute Gasteiger partial charge is 0.616 e. The van der Waals surface area contributed by atoms with Crippen LogP contribution in [0, 0.1) is 0 Å². The van der Waals surface area contributed by atoms with Crippen LogP contribution in [0.3, 0.4) is 0 Å². The maximum Gasteiger partial charge on any atom is 0.243 e. The zero-order valence-corrected chi connectivity index (χ0v) is 7.13. The molecule has 74 valence electrons. The molecule has 12 heavy (non-hydrogen) atoms. The SMILES string of the molecule is [O-][S+](CCC(F)F)CCC(F)F. The Morgan fingerprint density at radius 3 is 1.50 bits per heavy atom. The highest BCUT2D eigenvalue weighted by molar-refractivity contribution is 7.91. The molecule has 0 spiro atoms. The molecule has 0 aromatic rings. The molecule has 0 aromatic heterocycles. The molecular formula is C6H10F4OS. The van der Waals surface area contributed by atoms with Crippen LogP contribution in [0.2, 0.25) is 0 Å². The predicted octanol–water partition coefficient (Wildman–Crippen LogP) is 2.05. The van der Waals surface area contributed by atoms with E-state index in [1.807, 2.05) is 0 Å². The van der Waals surface area contributed by atoms with Gasteiger partial charge in [-0.2, -0.15) is 0 Å². The second kappa shape index (κ2) is 6.54. The lowest BCUT2D eigenvalue weighted by Gasteiger charge is -2.09. The molecule has 0 unspecified atom stereocenters. The van der Waals surface area contributed by atoms with Crippen LogP contribution in [0.4, 0.5) is 17.6 Å². The maximum absolute atomic E-state index is 11.5. The van der Waals surface area contributed by atoms with Crippen LogP contribution in [0.1, 0.15) is 12.8 Å². The zero-order valence-electron chi connectivity index (χ0n) is 6.31. The summed E-state index contributed by atoms with van der Waals surface area (Å²) in [5, 5.41) is 0. The number of hydrogen-bond acceptors (Lipinski definition) is 1. The van der Waals surface area contributed by atoms with Gasteiger partial charge in [0, 0.05) is 0 Å². The van der Waals surface area contributed by atoms with Gasteiger partial charge in [-0.05, 0) is 0 Å². The third-order valence-electron chi connectivity index (χ3n) is 1.13. The second-order valence-corrected chi connectivity index (χ2v) is 3.90.